The van der Waals surface area contributed by atoms with Gasteiger partial charge in [-0.15, -0.1) is 0 Å². The van der Waals surface area contributed by atoms with Crippen LogP contribution in [0.3, 0.4) is 0 Å². The molecular weight excluding hydrogens is 430 g/mol. The molecule has 0 radical (unpaired) electrons. The summed E-state index contributed by atoms with van der Waals surface area (Å²) in [5.41, 5.74) is 0. The first kappa shape index (κ1) is 25.2. The molecule has 2 aliphatic heterocycles. The highest BCUT2D eigenvalue weighted by Gasteiger charge is 2.42. The molecule has 0 aromatic rings. The van der Waals surface area contributed by atoms with Crippen LogP contribution in [-0.2, 0) is 23.9 Å². The second-order valence-electron chi connectivity index (χ2n) is 7.57. The molecule has 0 aromatic heterocycles. The van der Waals surface area contributed by atoms with Crippen LogP contribution in [0.25, 0.3) is 0 Å². The first-order valence-corrected chi connectivity index (χ1v) is 11.5. The molecule has 0 bridgehead atoms. The van der Waals surface area contributed by atoms with Gasteiger partial charge in [0.25, 0.3) is 0 Å². The molecule has 2 fully saturated rings. The maximum Gasteiger partial charge on any atom is 0.315 e. The van der Waals surface area contributed by atoms with Gasteiger partial charge in [-0.3, -0.25) is 14.4 Å². The number of nitrogens with one attached hydrogen (secondary N) is 3. The minimum atomic E-state index is -0.974. The molecule has 12 heteroatoms. The first-order valence-electron chi connectivity index (χ1n) is 10.4. The van der Waals surface area contributed by atoms with E-state index in [1.807, 2.05) is 11.8 Å². The summed E-state index contributed by atoms with van der Waals surface area (Å²) in [7, 11) is 0. The lowest BCUT2D eigenvalue weighted by Crippen LogP contribution is -2.41. The van der Waals surface area contributed by atoms with Crippen LogP contribution in [0.15, 0.2) is 0 Å². The first-order chi connectivity index (χ1) is 14.8. The summed E-state index contributed by atoms with van der Waals surface area (Å²) in [5.74, 6) is -1.21. The van der Waals surface area contributed by atoms with Gasteiger partial charge in [-0.2, -0.15) is 11.8 Å². The third kappa shape index (κ3) is 9.74. The van der Waals surface area contributed by atoms with Crippen molar-refractivity contribution in [3.8, 4) is 0 Å². The number of unbranched alkanes of at least 4 members (excludes halogenated alkanes) is 1. The molecule has 2 aliphatic rings. The number of rotatable bonds is 16. The molecule has 31 heavy (non-hydrogen) atoms. The number of carboxylic acids is 2. The Morgan fingerprint density at radius 2 is 1.68 bits per heavy atom. The van der Waals surface area contributed by atoms with Crippen LogP contribution in [-0.4, -0.2) is 89.6 Å². The molecule has 3 amide bonds. The fourth-order valence-corrected chi connectivity index (χ4v) is 5.02. The van der Waals surface area contributed by atoms with Gasteiger partial charge in [-0.25, -0.2) is 4.79 Å². The van der Waals surface area contributed by atoms with Gasteiger partial charge in [0.15, 0.2) is 0 Å². The third-order valence-electron chi connectivity index (χ3n) is 5.00. The number of hydrogen-bond acceptors (Lipinski definition) is 7. The van der Waals surface area contributed by atoms with E-state index in [1.54, 1.807) is 0 Å². The SMILES string of the molecule is O=C(O)CCOCC(COCCC(=O)O)NC(=O)CCCCC1SC[C@@H]2NC(=O)N[C@H]12. The Morgan fingerprint density at radius 3 is 2.29 bits per heavy atom. The van der Waals surface area contributed by atoms with E-state index in [0.29, 0.717) is 18.1 Å². The van der Waals surface area contributed by atoms with Crippen LogP contribution in [0.2, 0.25) is 0 Å². The normalized spacial score (nSPS) is 22.1. The Hall–Kier alpha value is -2.05. The van der Waals surface area contributed by atoms with Crippen molar-refractivity contribution in [1.82, 2.24) is 16.0 Å². The van der Waals surface area contributed by atoms with E-state index in [-0.39, 0.29) is 63.3 Å². The van der Waals surface area contributed by atoms with Crippen LogP contribution >= 0.6 is 11.8 Å². The highest BCUT2D eigenvalue weighted by molar-refractivity contribution is 8.00. The number of aliphatic carboxylic acids is 2. The quantitative estimate of drug-likeness (QED) is 0.159. The molecule has 176 valence electrons. The number of carbonyl (C=O) groups excluding carboxylic acids is 2. The van der Waals surface area contributed by atoms with Gasteiger partial charge in [0, 0.05) is 17.4 Å². The van der Waals surface area contributed by atoms with Gasteiger partial charge < -0.3 is 35.6 Å². The van der Waals surface area contributed by atoms with Crippen LogP contribution < -0.4 is 16.0 Å². The van der Waals surface area contributed by atoms with E-state index in [9.17, 15) is 19.2 Å². The molecule has 11 nitrogen and oxygen atoms in total. The third-order valence-corrected chi connectivity index (χ3v) is 6.51. The van der Waals surface area contributed by atoms with Gasteiger partial charge in [0.05, 0.1) is 57.4 Å². The smallest absolute Gasteiger partial charge is 0.315 e. The lowest BCUT2D eigenvalue weighted by atomic mass is 10.0. The molecule has 2 rings (SSSR count). The molecule has 2 heterocycles. The predicted octanol–water partition coefficient (Wildman–Crippen LogP) is 0.180. The Morgan fingerprint density at radius 1 is 1.03 bits per heavy atom. The molecular formula is C19H31N3O8S. The zero-order valence-electron chi connectivity index (χ0n) is 17.3. The van der Waals surface area contributed by atoms with Crippen LogP contribution in [0.1, 0.15) is 38.5 Å². The van der Waals surface area contributed by atoms with E-state index in [1.165, 1.54) is 0 Å². The summed E-state index contributed by atoms with van der Waals surface area (Å²) < 4.78 is 10.6. The number of carbonyl (C=O) groups is 4. The topological polar surface area (TPSA) is 163 Å². The van der Waals surface area contributed by atoms with E-state index in [4.69, 9.17) is 19.7 Å². The number of amides is 3. The summed E-state index contributed by atoms with van der Waals surface area (Å²) in [6.45, 7) is 0.202. The van der Waals surface area contributed by atoms with Crippen molar-refractivity contribution < 1.29 is 38.9 Å². The summed E-state index contributed by atoms with van der Waals surface area (Å²) in [5, 5.41) is 26.3. The molecule has 0 spiro atoms. The minimum absolute atomic E-state index is 0.0173. The molecule has 2 saturated heterocycles. The van der Waals surface area contributed by atoms with Crippen LogP contribution in [0, 0.1) is 0 Å². The second-order valence-corrected chi connectivity index (χ2v) is 8.84. The number of hydrogen-bond donors (Lipinski definition) is 5. The molecule has 1 unspecified atom stereocenters. The van der Waals surface area contributed by atoms with Crippen molar-refractivity contribution in [2.75, 3.05) is 32.2 Å². The van der Waals surface area contributed by atoms with Crippen molar-refractivity contribution in [1.29, 1.82) is 0 Å². The van der Waals surface area contributed by atoms with Gasteiger partial charge >= 0.3 is 18.0 Å². The van der Waals surface area contributed by atoms with E-state index >= 15 is 0 Å². The average Bonchev–Trinajstić information content (AvgIpc) is 3.24. The summed E-state index contributed by atoms with van der Waals surface area (Å²) in [6, 6.07) is -0.252. The summed E-state index contributed by atoms with van der Waals surface area (Å²) >= 11 is 1.84. The fraction of sp³-hybridized carbons (Fsp3) is 0.789. The zero-order chi connectivity index (χ0) is 22.6. The Kier molecular flexibility index (Phi) is 10.9. The molecule has 0 aliphatic carbocycles. The van der Waals surface area contributed by atoms with E-state index in [0.717, 1.165) is 18.6 Å². The number of thioether (sulfide) groups is 1. The standard InChI is InChI=1S/C19H31N3O8S/c23-15(4-2-1-3-14-18-13(11-31-14)21-19(28)22-18)20-12(9-29-7-5-16(24)25)10-30-8-6-17(26)27/h12-14,18H,1-11H2,(H,20,23)(H,24,25)(H,26,27)(H2,21,22,28)/t13-,14?,18-/m0/s1. The molecule has 3 atom stereocenters. The maximum atomic E-state index is 12.3. The van der Waals surface area contributed by atoms with Crippen molar-refractivity contribution in [3.05, 3.63) is 0 Å². The molecule has 5 N–H and O–H groups in total. The second kappa shape index (κ2) is 13.4. The number of urea groups is 1. The van der Waals surface area contributed by atoms with Crippen LogP contribution in [0.5, 0.6) is 0 Å². The Bertz CT molecular complexity index is 613. The summed E-state index contributed by atoms with van der Waals surface area (Å²) in [4.78, 5) is 44.8. The van der Waals surface area contributed by atoms with Crippen molar-refractivity contribution in [2.45, 2.75) is 61.9 Å². The Labute approximate surface area is 185 Å². The largest absolute Gasteiger partial charge is 0.481 e. The predicted molar refractivity (Wildman–Crippen MR) is 112 cm³/mol. The number of carboxylic acid groups (broad SMARTS) is 2. The highest BCUT2D eigenvalue weighted by atomic mass is 32.2. The summed E-state index contributed by atoms with van der Waals surface area (Å²) in [6.07, 6.45) is 2.53. The lowest BCUT2D eigenvalue weighted by Gasteiger charge is -2.19. The average molecular weight is 462 g/mol. The van der Waals surface area contributed by atoms with Crippen LogP contribution in [0.4, 0.5) is 4.79 Å². The zero-order valence-corrected chi connectivity index (χ0v) is 18.2. The van der Waals surface area contributed by atoms with Gasteiger partial charge in [-0.1, -0.05) is 6.42 Å². The maximum absolute atomic E-state index is 12.3. The van der Waals surface area contributed by atoms with Gasteiger partial charge in [-0.05, 0) is 12.8 Å². The number of fused-ring (bicyclic) bond motifs is 1. The monoisotopic (exact) mass is 461 g/mol. The van der Waals surface area contributed by atoms with Gasteiger partial charge in [0.1, 0.15) is 0 Å². The van der Waals surface area contributed by atoms with Crippen molar-refractivity contribution >= 4 is 35.6 Å². The molecule has 0 saturated carbocycles. The van der Waals surface area contributed by atoms with Crippen molar-refractivity contribution in [2.24, 2.45) is 0 Å². The highest BCUT2D eigenvalue weighted by Crippen LogP contribution is 2.33. The fourth-order valence-electron chi connectivity index (χ4n) is 3.48. The molecule has 0 aromatic carbocycles. The van der Waals surface area contributed by atoms with Gasteiger partial charge in [0.2, 0.25) is 5.91 Å². The minimum Gasteiger partial charge on any atom is -0.481 e. The lowest BCUT2D eigenvalue weighted by molar-refractivity contribution is -0.139. The number of ether oxygens (including phenoxy) is 2. The van der Waals surface area contributed by atoms with Crippen molar-refractivity contribution in [3.63, 3.8) is 0 Å². The Balaban J connectivity index is 1.64. The van der Waals surface area contributed by atoms with E-state index < -0.39 is 18.0 Å². The van der Waals surface area contributed by atoms with E-state index in [2.05, 4.69) is 16.0 Å².